The summed E-state index contributed by atoms with van der Waals surface area (Å²) < 4.78 is 33.0. The molecule has 1 amide bonds. The van der Waals surface area contributed by atoms with E-state index in [9.17, 15) is 9.18 Å². The molecule has 0 bridgehead atoms. The van der Waals surface area contributed by atoms with Crippen LogP contribution in [0.25, 0.3) is 16.9 Å². The standard InChI is InChI=1S/C30H32FN5O4/c1-18-13-20(3-7-23(18)30(37)34-21-4-5-21)26-17-33-29-25(32-16-19-9-11-39-12-10-19)15-28(35-36(26)29)40-27-8-6-22(38-2)14-24(27)31/h3,6-8,13-15,17,19,21,32H,4-5,9-12,16H2,1-2H3,(H,34,37). The van der Waals surface area contributed by atoms with Crippen LogP contribution in [0.3, 0.4) is 0 Å². The molecule has 0 atom stereocenters. The van der Waals surface area contributed by atoms with Gasteiger partial charge in [0.1, 0.15) is 5.75 Å². The molecule has 2 aliphatic rings. The first-order valence-electron chi connectivity index (χ1n) is 13.6. The fraction of sp³-hybridized carbons (Fsp3) is 0.367. The van der Waals surface area contributed by atoms with Gasteiger partial charge < -0.3 is 24.8 Å². The third-order valence-corrected chi connectivity index (χ3v) is 7.40. The van der Waals surface area contributed by atoms with Crippen LogP contribution in [0, 0.1) is 18.7 Å². The molecule has 2 N–H and O–H groups in total. The molecule has 1 aliphatic carbocycles. The topological polar surface area (TPSA) is 99.0 Å². The van der Waals surface area contributed by atoms with E-state index in [1.807, 2.05) is 25.1 Å². The number of imidazole rings is 1. The van der Waals surface area contributed by atoms with E-state index in [4.69, 9.17) is 14.2 Å². The first-order chi connectivity index (χ1) is 19.5. The zero-order valence-electron chi connectivity index (χ0n) is 22.6. The monoisotopic (exact) mass is 545 g/mol. The number of carbonyl (C=O) groups excluding carboxylic acids is 1. The number of benzene rings is 2. The maximum Gasteiger partial charge on any atom is 0.251 e. The van der Waals surface area contributed by atoms with Gasteiger partial charge in [0.05, 0.1) is 24.7 Å². The Kier molecular flexibility index (Phi) is 7.25. The second-order valence-electron chi connectivity index (χ2n) is 10.4. The lowest BCUT2D eigenvalue weighted by molar-refractivity contribution is 0.0699. The van der Waals surface area contributed by atoms with Crippen molar-refractivity contribution in [1.82, 2.24) is 19.9 Å². The van der Waals surface area contributed by atoms with Crippen molar-refractivity contribution >= 4 is 17.2 Å². The van der Waals surface area contributed by atoms with Crippen LogP contribution in [0.2, 0.25) is 0 Å². The summed E-state index contributed by atoms with van der Waals surface area (Å²) in [6.07, 6.45) is 5.78. The highest BCUT2D eigenvalue weighted by Crippen LogP contribution is 2.32. The highest BCUT2D eigenvalue weighted by molar-refractivity contribution is 5.96. The Morgan fingerprint density at radius 1 is 1.12 bits per heavy atom. The molecule has 2 aromatic heterocycles. The molecule has 10 heteroatoms. The van der Waals surface area contributed by atoms with Crippen LogP contribution in [-0.2, 0) is 4.74 Å². The lowest BCUT2D eigenvalue weighted by atomic mass is 10.0. The van der Waals surface area contributed by atoms with Crippen molar-refractivity contribution < 1.29 is 23.4 Å². The Hall–Kier alpha value is -4.18. The fourth-order valence-electron chi connectivity index (χ4n) is 4.90. The van der Waals surface area contributed by atoms with Gasteiger partial charge in [0.15, 0.2) is 17.2 Å². The number of fused-ring (bicyclic) bond motifs is 1. The number of methoxy groups -OCH3 is 1. The predicted octanol–water partition coefficient (Wildman–Crippen LogP) is 5.38. The Morgan fingerprint density at radius 2 is 1.95 bits per heavy atom. The fourth-order valence-corrected chi connectivity index (χ4v) is 4.90. The van der Waals surface area contributed by atoms with Crippen molar-refractivity contribution in [3.63, 3.8) is 0 Å². The van der Waals surface area contributed by atoms with Crippen LogP contribution >= 0.6 is 0 Å². The van der Waals surface area contributed by atoms with E-state index in [0.29, 0.717) is 22.9 Å². The molecule has 4 aromatic rings. The van der Waals surface area contributed by atoms with Crippen molar-refractivity contribution in [2.24, 2.45) is 5.92 Å². The largest absolute Gasteiger partial charge is 0.497 e. The molecule has 40 heavy (non-hydrogen) atoms. The Morgan fingerprint density at radius 3 is 2.67 bits per heavy atom. The summed E-state index contributed by atoms with van der Waals surface area (Å²) in [4.78, 5) is 17.3. The summed E-state index contributed by atoms with van der Waals surface area (Å²) in [5, 5.41) is 11.2. The summed E-state index contributed by atoms with van der Waals surface area (Å²) in [6, 6.07) is 12.1. The van der Waals surface area contributed by atoms with Gasteiger partial charge in [-0.15, -0.1) is 5.10 Å². The Balaban J connectivity index is 1.35. The number of hydrogen-bond donors (Lipinski definition) is 2. The number of amides is 1. The van der Waals surface area contributed by atoms with Gasteiger partial charge in [-0.25, -0.2) is 13.9 Å². The number of ether oxygens (including phenoxy) is 3. The number of carbonyl (C=O) groups is 1. The SMILES string of the molecule is COc1ccc(Oc2cc(NCC3CCOCC3)c3ncc(-c4ccc(C(=O)NC5CC5)c(C)c4)n3n2)c(F)c1. The molecule has 208 valence electrons. The molecular formula is C30H32FN5O4. The Labute approximate surface area is 231 Å². The van der Waals surface area contributed by atoms with Crippen molar-refractivity contribution in [2.45, 2.75) is 38.6 Å². The minimum Gasteiger partial charge on any atom is -0.497 e. The lowest BCUT2D eigenvalue weighted by Gasteiger charge is -2.22. The van der Waals surface area contributed by atoms with Crippen molar-refractivity contribution in [2.75, 3.05) is 32.2 Å². The average molecular weight is 546 g/mol. The van der Waals surface area contributed by atoms with Gasteiger partial charge in [-0.05, 0) is 68.4 Å². The van der Waals surface area contributed by atoms with E-state index in [0.717, 1.165) is 68.0 Å². The smallest absolute Gasteiger partial charge is 0.251 e. The number of nitrogens with zero attached hydrogens (tertiary/aromatic N) is 3. The number of halogens is 1. The molecule has 0 unspecified atom stereocenters. The van der Waals surface area contributed by atoms with Crippen LogP contribution in [0.4, 0.5) is 10.1 Å². The third-order valence-electron chi connectivity index (χ3n) is 7.40. The number of nitrogens with one attached hydrogen (secondary N) is 2. The molecular weight excluding hydrogens is 513 g/mol. The van der Waals surface area contributed by atoms with E-state index in [-0.39, 0.29) is 23.6 Å². The molecule has 0 radical (unpaired) electrons. The van der Waals surface area contributed by atoms with E-state index < -0.39 is 5.82 Å². The molecule has 1 saturated carbocycles. The van der Waals surface area contributed by atoms with E-state index >= 15 is 0 Å². The van der Waals surface area contributed by atoms with Gasteiger partial charge in [-0.1, -0.05) is 6.07 Å². The molecule has 9 nitrogen and oxygen atoms in total. The van der Waals surface area contributed by atoms with Gasteiger partial charge in [0.25, 0.3) is 5.91 Å². The van der Waals surface area contributed by atoms with Crippen LogP contribution < -0.4 is 20.1 Å². The first-order valence-corrected chi connectivity index (χ1v) is 13.6. The molecule has 3 heterocycles. The molecule has 0 spiro atoms. The maximum absolute atomic E-state index is 14.7. The number of rotatable bonds is 9. The number of aryl methyl sites for hydroxylation is 1. The molecule has 1 saturated heterocycles. The number of aromatic nitrogens is 3. The van der Waals surface area contributed by atoms with Crippen LogP contribution in [0.15, 0.2) is 48.7 Å². The highest BCUT2D eigenvalue weighted by atomic mass is 19.1. The van der Waals surface area contributed by atoms with Crippen LogP contribution in [0.5, 0.6) is 17.4 Å². The van der Waals surface area contributed by atoms with E-state index in [2.05, 4.69) is 20.7 Å². The van der Waals surface area contributed by atoms with Gasteiger partial charge in [0, 0.05) is 49.1 Å². The van der Waals surface area contributed by atoms with Crippen molar-refractivity contribution in [1.29, 1.82) is 0 Å². The normalized spacial score (nSPS) is 15.7. The van der Waals surface area contributed by atoms with E-state index in [1.54, 1.807) is 22.8 Å². The van der Waals surface area contributed by atoms with E-state index in [1.165, 1.54) is 19.2 Å². The number of hydrogen-bond acceptors (Lipinski definition) is 7. The van der Waals surface area contributed by atoms with Gasteiger partial charge in [-0.2, -0.15) is 0 Å². The quantitative estimate of drug-likeness (QED) is 0.292. The van der Waals surface area contributed by atoms with Gasteiger partial charge in [0.2, 0.25) is 5.88 Å². The summed E-state index contributed by atoms with van der Waals surface area (Å²) in [5.41, 5.74) is 4.43. The summed E-state index contributed by atoms with van der Waals surface area (Å²) in [5.74, 6) is 0.499. The Bertz CT molecular complexity index is 1540. The first kappa shape index (κ1) is 26.1. The average Bonchev–Trinajstić information content (AvgIpc) is 3.68. The molecule has 1 aliphatic heterocycles. The third kappa shape index (κ3) is 5.58. The predicted molar refractivity (Wildman–Crippen MR) is 149 cm³/mol. The van der Waals surface area contributed by atoms with Crippen LogP contribution in [0.1, 0.15) is 41.6 Å². The van der Waals surface area contributed by atoms with Crippen molar-refractivity contribution in [3.05, 3.63) is 65.6 Å². The zero-order chi connectivity index (χ0) is 27.6. The summed E-state index contributed by atoms with van der Waals surface area (Å²) in [6.45, 7) is 4.17. The minimum atomic E-state index is -0.556. The van der Waals surface area contributed by atoms with Gasteiger partial charge >= 0.3 is 0 Å². The summed E-state index contributed by atoms with van der Waals surface area (Å²) in [7, 11) is 1.48. The molecule has 2 aromatic carbocycles. The van der Waals surface area contributed by atoms with Crippen LogP contribution in [-0.4, -0.2) is 53.4 Å². The summed E-state index contributed by atoms with van der Waals surface area (Å²) >= 11 is 0. The second-order valence-corrected chi connectivity index (χ2v) is 10.4. The maximum atomic E-state index is 14.7. The van der Waals surface area contributed by atoms with Gasteiger partial charge in [-0.3, -0.25) is 4.79 Å². The van der Waals surface area contributed by atoms with Crippen molar-refractivity contribution in [3.8, 4) is 28.6 Å². The zero-order valence-corrected chi connectivity index (χ0v) is 22.6. The number of anilines is 1. The molecule has 6 rings (SSSR count). The second kappa shape index (κ2) is 11.1. The highest BCUT2D eigenvalue weighted by Gasteiger charge is 2.25. The lowest BCUT2D eigenvalue weighted by Crippen LogP contribution is -2.26. The minimum absolute atomic E-state index is 0.0339. The molecule has 2 fully saturated rings.